The number of anilines is 1. The molecule has 0 bridgehead atoms. The number of hydrogen-bond donors (Lipinski definition) is 2. The molecule has 28 heavy (non-hydrogen) atoms. The number of pyridine rings is 1. The number of rotatable bonds is 6. The van der Waals surface area contributed by atoms with Crippen LogP contribution in [-0.2, 0) is 0 Å². The fraction of sp³-hybridized carbons (Fsp3) is 0.263. The Hall–Kier alpha value is -3.13. The maximum atomic E-state index is 12.3. The van der Waals surface area contributed by atoms with Crippen molar-refractivity contribution in [2.45, 2.75) is 13.3 Å². The lowest BCUT2D eigenvalue weighted by molar-refractivity contribution is 0.0949. The van der Waals surface area contributed by atoms with Crippen LogP contribution in [0.1, 0.15) is 23.8 Å². The lowest BCUT2D eigenvalue weighted by Crippen LogP contribution is -2.26. The van der Waals surface area contributed by atoms with Crippen LogP contribution < -0.4 is 20.5 Å². The molecule has 8 nitrogen and oxygen atoms in total. The van der Waals surface area contributed by atoms with E-state index in [0.29, 0.717) is 45.2 Å². The molecule has 1 aromatic carbocycles. The number of ether oxygens (including phenoxy) is 2. The standard InChI is InChI=1S/C19H20ClN5O3/c1-4-7-22-19(26)18-16(21)10-5-6-12(20)15(17(10)24-25-18)11-9-23-14(28-3)8-13(11)27-2/h5-6,8-9H,4,7H2,1-3H3,(H2,21,24)(H,22,26). The summed E-state index contributed by atoms with van der Waals surface area (Å²) in [5.74, 6) is 0.540. The van der Waals surface area contributed by atoms with Crippen LogP contribution in [0.25, 0.3) is 22.0 Å². The lowest BCUT2D eigenvalue weighted by atomic mass is 10.0. The summed E-state index contributed by atoms with van der Waals surface area (Å²) in [5, 5.41) is 12.0. The number of nitrogens with one attached hydrogen (secondary N) is 1. The molecular weight excluding hydrogens is 382 g/mol. The second kappa shape index (κ2) is 8.26. The Bertz CT molecular complexity index is 1040. The van der Waals surface area contributed by atoms with Crippen molar-refractivity contribution in [3.63, 3.8) is 0 Å². The van der Waals surface area contributed by atoms with Gasteiger partial charge in [0.05, 0.1) is 24.9 Å². The molecule has 0 saturated carbocycles. The number of hydrogen-bond acceptors (Lipinski definition) is 7. The molecule has 0 fully saturated rings. The molecule has 3 aromatic rings. The Kier molecular flexibility index (Phi) is 5.79. The number of benzene rings is 1. The molecule has 0 unspecified atom stereocenters. The highest BCUT2D eigenvalue weighted by Gasteiger charge is 2.21. The number of amides is 1. The van der Waals surface area contributed by atoms with Crippen LogP contribution in [0.3, 0.4) is 0 Å². The molecule has 9 heteroatoms. The van der Waals surface area contributed by atoms with Crippen LogP contribution >= 0.6 is 11.6 Å². The van der Waals surface area contributed by atoms with Gasteiger partial charge >= 0.3 is 0 Å². The Morgan fingerprint density at radius 2 is 2.04 bits per heavy atom. The first-order valence-corrected chi connectivity index (χ1v) is 9.00. The number of carbonyl (C=O) groups is 1. The van der Waals surface area contributed by atoms with Crippen molar-refractivity contribution >= 4 is 34.1 Å². The third-order valence-corrected chi connectivity index (χ3v) is 4.53. The first kappa shape index (κ1) is 19.6. The molecule has 0 aliphatic rings. The number of nitrogens with two attached hydrogens (primary N) is 1. The summed E-state index contributed by atoms with van der Waals surface area (Å²) in [5.41, 5.74) is 8.16. The summed E-state index contributed by atoms with van der Waals surface area (Å²) >= 11 is 6.46. The highest BCUT2D eigenvalue weighted by molar-refractivity contribution is 6.35. The van der Waals surface area contributed by atoms with Crippen LogP contribution in [0.2, 0.25) is 5.02 Å². The van der Waals surface area contributed by atoms with Crippen molar-refractivity contribution in [3.8, 4) is 22.8 Å². The molecule has 0 spiro atoms. The van der Waals surface area contributed by atoms with Crippen LogP contribution in [0.4, 0.5) is 5.69 Å². The second-order valence-corrected chi connectivity index (χ2v) is 6.37. The Labute approximate surface area is 167 Å². The number of aromatic nitrogens is 3. The molecule has 1 amide bonds. The van der Waals surface area contributed by atoms with Crippen molar-refractivity contribution in [3.05, 3.63) is 35.1 Å². The molecule has 0 radical (unpaired) electrons. The third kappa shape index (κ3) is 3.50. The van der Waals surface area contributed by atoms with Gasteiger partial charge in [0.15, 0.2) is 5.69 Å². The van der Waals surface area contributed by atoms with E-state index in [2.05, 4.69) is 20.5 Å². The molecule has 3 rings (SSSR count). The summed E-state index contributed by atoms with van der Waals surface area (Å²) < 4.78 is 10.6. The topological polar surface area (TPSA) is 112 Å². The van der Waals surface area contributed by atoms with Gasteiger partial charge in [-0.25, -0.2) is 4.98 Å². The van der Waals surface area contributed by atoms with Gasteiger partial charge in [0, 0.05) is 35.3 Å². The quantitative estimate of drug-likeness (QED) is 0.652. The van der Waals surface area contributed by atoms with Crippen molar-refractivity contribution in [2.24, 2.45) is 0 Å². The number of halogens is 1. The largest absolute Gasteiger partial charge is 0.496 e. The second-order valence-electron chi connectivity index (χ2n) is 5.96. The van der Waals surface area contributed by atoms with Crippen LogP contribution in [-0.4, -0.2) is 41.9 Å². The van der Waals surface area contributed by atoms with E-state index >= 15 is 0 Å². The number of methoxy groups -OCH3 is 2. The molecule has 0 aliphatic heterocycles. The minimum Gasteiger partial charge on any atom is -0.496 e. The summed E-state index contributed by atoms with van der Waals surface area (Å²) in [4.78, 5) is 16.5. The van der Waals surface area contributed by atoms with E-state index in [-0.39, 0.29) is 17.3 Å². The van der Waals surface area contributed by atoms with Crippen molar-refractivity contribution in [1.82, 2.24) is 20.5 Å². The lowest BCUT2D eigenvalue weighted by Gasteiger charge is -2.14. The number of nitrogens with zero attached hydrogens (tertiary/aromatic N) is 3. The van der Waals surface area contributed by atoms with Gasteiger partial charge in [-0.3, -0.25) is 4.79 Å². The summed E-state index contributed by atoms with van der Waals surface area (Å²) in [6, 6.07) is 5.05. The Morgan fingerprint density at radius 1 is 1.25 bits per heavy atom. The average Bonchev–Trinajstić information content (AvgIpc) is 2.71. The SMILES string of the molecule is CCCNC(=O)c1nnc2c(-c3cnc(OC)cc3OC)c(Cl)ccc2c1N. The van der Waals surface area contributed by atoms with E-state index in [1.54, 1.807) is 24.4 Å². The van der Waals surface area contributed by atoms with Gasteiger partial charge in [0.2, 0.25) is 5.88 Å². The number of nitrogen functional groups attached to an aromatic ring is 1. The molecular formula is C19H20ClN5O3. The number of fused-ring (bicyclic) bond motifs is 1. The molecule has 3 N–H and O–H groups in total. The summed E-state index contributed by atoms with van der Waals surface area (Å²) in [7, 11) is 3.05. The van der Waals surface area contributed by atoms with E-state index in [1.807, 2.05) is 6.92 Å². The van der Waals surface area contributed by atoms with E-state index < -0.39 is 0 Å². The molecule has 0 aliphatic carbocycles. The number of carbonyl (C=O) groups excluding carboxylic acids is 1. The van der Waals surface area contributed by atoms with Gasteiger partial charge in [-0.2, -0.15) is 0 Å². The van der Waals surface area contributed by atoms with Gasteiger partial charge < -0.3 is 20.5 Å². The predicted molar refractivity (Wildman–Crippen MR) is 108 cm³/mol. The van der Waals surface area contributed by atoms with Crippen LogP contribution in [0, 0.1) is 0 Å². The zero-order valence-corrected chi connectivity index (χ0v) is 16.5. The smallest absolute Gasteiger partial charge is 0.273 e. The van der Waals surface area contributed by atoms with Gasteiger partial charge in [-0.05, 0) is 18.6 Å². The van der Waals surface area contributed by atoms with Gasteiger partial charge in [0.1, 0.15) is 11.3 Å². The van der Waals surface area contributed by atoms with Gasteiger partial charge in [0.25, 0.3) is 5.91 Å². The maximum Gasteiger partial charge on any atom is 0.273 e. The van der Waals surface area contributed by atoms with Gasteiger partial charge in [-0.1, -0.05) is 18.5 Å². The first-order chi connectivity index (χ1) is 13.5. The van der Waals surface area contributed by atoms with Crippen molar-refractivity contribution in [2.75, 3.05) is 26.5 Å². The minimum atomic E-state index is -0.367. The Morgan fingerprint density at radius 3 is 2.71 bits per heavy atom. The normalized spacial score (nSPS) is 10.7. The average molecular weight is 402 g/mol. The zero-order valence-electron chi connectivity index (χ0n) is 15.7. The highest BCUT2D eigenvalue weighted by Crippen LogP contribution is 2.41. The monoisotopic (exact) mass is 401 g/mol. The van der Waals surface area contributed by atoms with E-state index in [4.69, 9.17) is 26.8 Å². The molecule has 2 heterocycles. The predicted octanol–water partition coefficient (Wildman–Crippen LogP) is 3.08. The fourth-order valence-corrected chi connectivity index (χ4v) is 3.06. The fourth-order valence-electron chi connectivity index (χ4n) is 2.80. The Balaban J connectivity index is 2.21. The molecule has 146 valence electrons. The van der Waals surface area contributed by atoms with E-state index in [0.717, 1.165) is 6.42 Å². The van der Waals surface area contributed by atoms with Crippen LogP contribution in [0.15, 0.2) is 24.4 Å². The maximum absolute atomic E-state index is 12.3. The molecule has 0 atom stereocenters. The third-order valence-electron chi connectivity index (χ3n) is 4.21. The van der Waals surface area contributed by atoms with E-state index in [9.17, 15) is 4.79 Å². The minimum absolute atomic E-state index is 0.0778. The van der Waals surface area contributed by atoms with Crippen molar-refractivity contribution < 1.29 is 14.3 Å². The van der Waals surface area contributed by atoms with E-state index in [1.165, 1.54) is 14.2 Å². The van der Waals surface area contributed by atoms with Crippen molar-refractivity contribution in [1.29, 1.82) is 0 Å². The molecule has 2 aromatic heterocycles. The summed E-state index contributed by atoms with van der Waals surface area (Å²) in [6.07, 6.45) is 2.38. The first-order valence-electron chi connectivity index (χ1n) is 8.62. The van der Waals surface area contributed by atoms with Crippen LogP contribution in [0.5, 0.6) is 11.6 Å². The van der Waals surface area contributed by atoms with Gasteiger partial charge in [-0.15, -0.1) is 10.2 Å². The highest BCUT2D eigenvalue weighted by atomic mass is 35.5. The summed E-state index contributed by atoms with van der Waals surface area (Å²) in [6.45, 7) is 2.48. The molecule has 0 saturated heterocycles. The zero-order chi connectivity index (χ0) is 20.3.